The first-order chi connectivity index (χ1) is 13.0. The lowest BCUT2D eigenvalue weighted by Crippen LogP contribution is -2.49. The van der Waals surface area contributed by atoms with Gasteiger partial charge in [0.25, 0.3) is 0 Å². The summed E-state index contributed by atoms with van der Waals surface area (Å²) in [4.78, 5) is 26.3. The highest BCUT2D eigenvalue weighted by Gasteiger charge is 2.21. The molecular weight excluding hydrogens is 344 g/mol. The van der Waals surface area contributed by atoms with Gasteiger partial charge in [-0.1, -0.05) is 26.0 Å². The zero-order valence-corrected chi connectivity index (χ0v) is 16.6. The summed E-state index contributed by atoms with van der Waals surface area (Å²) in [6, 6.07) is 7.38. The molecule has 1 heterocycles. The molecule has 1 aromatic carbocycles. The third kappa shape index (κ3) is 7.86. The van der Waals surface area contributed by atoms with Gasteiger partial charge in [0.2, 0.25) is 5.91 Å². The molecule has 0 spiro atoms. The largest absolute Gasteiger partial charge is 0.497 e. The molecule has 0 unspecified atom stereocenters. The van der Waals surface area contributed by atoms with Crippen molar-refractivity contribution in [1.29, 1.82) is 0 Å². The van der Waals surface area contributed by atoms with Gasteiger partial charge < -0.3 is 25.6 Å². The van der Waals surface area contributed by atoms with Crippen LogP contribution in [0.3, 0.4) is 0 Å². The molecule has 1 aliphatic rings. The first-order valence-corrected chi connectivity index (χ1v) is 9.62. The summed E-state index contributed by atoms with van der Waals surface area (Å²) in [6.45, 7) is 7.94. The fraction of sp³-hybridized carbons (Fsp3) is 0.600. The number of nitrogens with zero attached hydrogens (tertiary/aromatic N) is 1. The van der Waals surface area contributed by atoms with Crippen molar-refractivity contribution in [3.63, 3.8) is 0 Å². The Balaban J connectivity index is 1.60. The minimum Gasteiger partial charge on any atom is -0.497 e. The molecule has 0 saturated carbocycles. The van der Waals surface area contributed by atoms with E-state index >= 15 is 0 Å². The third-order valence-electron chi connectivity index (χ3n) is 4.60. The van der Waals surface area contributed by atoms with Gasteiger partial charge in [0.05, 0.1) is 13.7 Å². The fourth-order valence-corrected chi connectivity index (χ4v) is 3.18. The van der Waals surface area contributed by atoms with Crippen LogP contribution < -0.4 is 20.7 Å². The predicted molar refractivity (Wildman–Crippen MR) is 106 cm³/mol. The summed E-state index contributed by atoms with van der Waals surface area (Å²) in [5, 5.41) is 8.39. The van der Waals surface area contributed by atoms with Crippen LogP contribution in [-0.2, 0) is 11.3 Å². The lowest BCUT2D eigenvalue weighted by atomic mass is 10.0. The number of rotatable bonds is 8. The van der Waals surface area contributed by atoms with Gasteiger partial charge in [-0.3, -0.25) is 4.79 Å². The molecule has 7 heteroatoms. The predicted octanol–water partition coefficient (Wildman–Crippen LogP) is 1.73. The highest BCUT2D eigenvalue weighted by atomic mass is 16.5. The lowest BCUT2D eigenvalue weighted by Gasteiger charge is -2.33. The van der Waals surface area contributed by atoms with Crippen molar-refractivity contribution < 1.29 is 14.3 Å². The van der Waals surface area contributed by atoms with Crippen molar-refractivity contribution in [2.45, 2.75) is 39.3 Å². The Morgan fingerprint density at radius 3 is 2.41 bits per heavy atom. The Morgan fingerprint density at radius 2 is 1.81 bits per heavy atom. The van der Waals surface area contributed by atoms with E-state index in [1.54, 1.807) is 7.11 Å². The maximum atomic E-state index is 12.0. The van der Waals surface area contributed by atoms with Crippen LogP contribution in [0.15, 0.2) is 24.3 Å². The Kier molecular flexibility index (Phi) is 8.39. The molecule has 2 rings (SSSR count). The van der Waals surface area contributed by atoms with Crippen molar-refractivity contribution in [2.24, 2.45) is 5.92 Å². The number of carbonyl (C=O) groups excluding carboxylic acids is 2. The van der Waals surface area contributed by atoms with Crippen LogP contribution in [0.2, 0.25) is 0 Å². The zero-order valence-electron chi connectivity index (χ0n) is 16.6. The highest BCUT2D eigenvalue weighted by molar-refractivity contribution is 5.83. The summed E-state index contributed by atoms with van der Waals surface area (Å²) in [5.74, 6) is 1.22. The van der Waals surface area contributed by atoms with Crippen molar-refractivity contribution in [3.8, 4) is 5.75 Å². The number of carbonyl (C=O) groups is 2. The molecular formula is C20H32N4O3. The van der Waals surface area contributed by atoms with Crippen molar-refractivity contribution in [3.05, 3.63) is 29.8 Å². The first kappa shape index (κ1) is 21.0. The van der Waals surface area contributed by atoms with E-state index < -0.39 is 0 Å². The zero-order chi connectivity index (χ0) is 19.6. The quantitative estimate of drug-likeness (QED) is 0.645. The third-order valence-corrected chi connectivity index (χ3v) is 4.60. The second-order valence-corrected chi connectivity index (χ2v) is 7.42. The molecule has 1 saturated heterocycles. The lowest BCUT2D eigenvalue weighted by molar-refractivity contribution is -0.120. The van der Waals surface area contributed by atoms with E-state index in [1.165, 1.54) is 0 Å². The van der Waals surface area contributed by atoms with Crippen LogP contribution in [0.4, 0.5) is 4.79 Å². The molecule has 150 valence electrons. The Labute approximate surface area is 161 Å². The summed E-state index contributed by atoms with van der Waals surface area (Å²) in [6.07, 6.45) is 1.90. The number of likely N-dealkylation sites (tertiary alicyclic amines) is 1. The average molecular weight is 377 g/mol. The van der Waals surface area contributed by atoms with Gasteiger partial charge in [-0.15, -0.1) is 0 Å². The van der Waals surface area contributed by atoms with E-state index in [2.05, 4.69) is 34.7 Å². The summed E-state index contributed by atoms with van der Waals surface area (Å²) in [7, 11) is 1.61. The fourth-order valence-electron chi connectivity index (χ4n) is 3.18. The molecule has 0 radical (unpaired) electrons. The minimum atomic E-state index is -0.281. The van der Waals surface area contributed by atoms with Gasteiger partial charge in [-0.2, -0.15) is 0 Å². The molecule has 1 fully saturated rings. The number of hydrogen-bond donors (Lipinski definition) is 3. The van der Waals surface area contributed by atoms with Gasteiger partial charge >= 0.3 is 6.03 Å². The van der Waals surface area contributed by atoms with Crippen LogP contribution >= 0.6 is 0 Å². The molecule has 1 aliphatic heterocycles. The average Bonchev–Trinajstić information content (AvgIpc) is 2.66. The van der Waals surface area contributed by atoms with Crippen molar-refractivity contribution in [2.75, 3.05) is 33.3 Å². The molecule has 3 amide bonds. The molecule has 1 aromatic rings. The van der Waals surface area contributed by atoms with Crippen LogP contribution in [0, 0.1) is 5.92 Å². The monoisotopic (exact) mass is 376 g/mol. The van der Waals surface area contributed by atoms with Crippen molar-refractivity contribution >= 4 is 11.9 Å². The van der Waals surface area contributed by atoms with Crippen LogP contribution in [0.5, 0.6) is 5.75 Å². The second kappa shape index (κ2) is 10.8. The van der Waals surface area contributed by atoms with Gasteiger partial charge in [0, 0.05) is 32.2 Å². The highest BCUT2D eigenvalue weighted by Crippen LogP contribution is 2.12. The number of amides is 3. The number of benzene rings is 1. The maximum Gasteiger partial charge on any atom is 0.315 e. The summed E-state index contributed by atoms with van der Waals surface area (Å²) >= 11 is 0. The van der Waals surface area contributed by atoms with E-state index in [0.29, 0.717) is 12.5 Å². The summed E-state index contributed by atoms with van der Waals surface area (Å²) in [5.41, 5.74) is 0.974. The maximum absolute atomic E-state index is 12.0. The van der Waals surface area contributed by atoms with Gasteiger partial charge in [-0.05, 0) is 36.5 Å². The van der Waals surface area contributed by atoms with Crippen LogP contribution in [0.1, 0.15) is 32.3 Å². The standard InChI is InChI=1S/C20H32N4O3/c1-15(2)14-24-10-8-17(9-11-24)23-20(26)22-13-19(25)21-12-16-4-6-18(27-3)7-5-16/h4-7,15,17H,8-14H2,1-3H3,(H,21,25)(H2,22,23,26). The van der Waals surface area contributed by atoms with E-state index in [1.807, 2.05) is 24.3 Å². The SMILES string of the molecule is COc1ccc(CNC(=O)CNC(=O)NC2CCN(CC(C)C)CC2)cc1. The van der Waals surface area contributed by atoms with Crippen molar-refractivity contribution in [1.82, 2.24) is 20.9 Å². The second-order valence-electron chi connectivity index (χ2n) is 7.42. The number of ether oxygens (including phenoxy) is 1. The number of methoxy groups -OCH3 is 1. The van der Waals surface area contributed by atoms with E-state index in [9.17, 15) is 9.59 Å². The van der Waals surface area contributed by atoms with E-state index in [4.69, 9.17) is 4.74 Å². The van der Waals surface area contributed by atoms with Gasteiger partial charge in [0.15, 0.2) is 0 Å². The molecule has 0 atom stereocenters. The number of piperidine rings is 1. The first-order valence-electron chi connectivity index (χ1n) is 9.62. The Hall–Kier alpha value is -2.28. The number of urea groups is 1. The molecule has 7 nitrogen and oxygen atoms in total. The topological polar surface area (TPSA) is 82.7 Å². The molecule has 0 aromatic heterocycles. The number of hydrogen-bond acceptors (Lipinski definition) is 4. The van der Waals surface area contributed by atoms with E-state index in [0.717, 1.165) is 43.8 Å². The smallest absolute Gasteiger partial charge is 0.315 e. The molecule has 27 heavy (non-hydrogen) atoms. The normalized spacial score (nSPS) is 15.4. The molecule has 0 bridgehead atoms. The van der Waals surface area contributed by atoms with Gasteiger partial charge in [-0.25, -0.2) is 4.79 Å². The Bertz CT molecular complexity index is 596. The molecule has 3 N–H and O–H groups in total. The van der Waals surface area contributed by atoms with Gasteiger partial charge in [0.1, 0.15) is 5.75 Å². The van der Waals surface area contributed by atoms with Crippen LogP contribution in [-0.4, -0.2) is 56.2 Å². The summed E-state index contributed by atoms with van der Waals surface area (Å²) < 4.78 is 5.10. The van der Waals surface area contributed by atoms with Crippen LogP contribution in [0.25, 0.3) is 0 Å². The van der Waals surface area contributed by atoms with E-state index in [-0.39, 0.29) is 24.5 Å². The Morgan fingerprint density at radius 1 is 1.15 bits per heavy atom. The molecule has 0 aliphatic carbocycles. The number of nitrogens with one attached hydrogen (secondary N) is 3. The minimum absolute atomic E-state index is 0.0335.